The molecule has 0 N–H and O–H groups in total. The van der Waals surface area contributed by atoms with Crippen LogP contribution in [0.5, 0.6) is 5.75 Å². The molecule has 0 radical (unpaired) electrons. The summed E-state index contributed by atoms with van der Waals surface area (Å²) in [5, 5.41) is 0. The van der Waals surface area contributed by atoms with Crippen molar-refractivity contribution in [3.8, 4) is 5.75 Å². The number of anilines is 1. The fraction of sp³-hybridized carbons (Fsp3) is 0.316. The number of amides is 1. The van der Waals surface area contributed by atoms with Crippen molar-refractivity contribution in [3.63, 3.8) is 0 Å². The van der Waals surface area contributed by atoms with Gasteiger partial charge in [-0.25, -0.2) is 4.98 Å². The SMILES string of the molecule is COc1ccc(N(C)C(=O)c2cnc3sc4c(n3c2=O)CCCC4)cc1. The highest BCUT2D eigenvalue weighted by atomic mass is 32.1. The van der Waals surface area contributed by atoms with E-state index in [1.165, 1.54) is 16.0 Å². The molecule has 134 valence electrons. The van der Waals surface area contributed by atoms with Crippen molar-refractivity contribution in [2.45, 2.75) is 25.7 Å². The Morgan fingerprint density at radius 3 is 2.69 bits per heavy atom. The van der Waals surface area contributed by atoms with Crippen LogP contribution in [0.15, 0.2) is 35.3 Å². The van der Waals surface area contributed by atoms with Gasteiger partial charge < -0.3 is 9.64 Å². The van der Waals surface area contributed by atoms with Gasteiger partial charge in [-0.15, -0.1) is 11.3 Å². The highest BCUT2D eigenvalue weighted by Gasteiger charge is 2.23. The van der Waals surface area contributed by atoms with Crippen LogP contribution >= 0.6 is 11.3 Å². The van der Waals surface area contributed by atoms with E-state index >= 15 is 0 Å². The third kappa shape index (κ3) is 2.68. The summed E-state index contributed by atoms with van der Waals surface area (Å²) in [6.45, 7) is 0. The first-order valence-corrected chi connectivity index (χ1v) is 9.36. The lowest BCUT2D eigenvalue weighted by Gasteiger charge is -2.17. The highest BCUT2D eigenvalue weighted by molar-refractivity contribution is 7.17. The second kappa shape index (κ2) is 6.57. The summed E-state index contributed by atoms with van der Waals surface area (Å²) in [7, 11) is 3.24. The van der Waals surface area contributed by atoms with Gasteiger partial charge in [-0.05, 0) is 49.9 Å². The van der Waals surface area contributed by atoms with Crippen molar-refractivity contribution in [3.05, 3.63) is 57.0 Å². The van der Waals surface area contributed by atoms with Crippen LogP contribution in [0.1, 0.15) is 33.8 Å². The number of benzene rings is 1. The molecule has 0 atom stereocenters. The van der Waals surface area contributed by atoms with Crippen LogP contribution in [-0.2, 0) is 12.8 Å². The van der Waals surface area contributed by atoms with Crippen LogP contribution in [0.25, 0.3) is 4.96 Å². The Morgan fingerprint density at radius 2 is 1.96 bits per heavy atom. The Hall–Kier alpha value is -2.67. The van der Waals surface area contributed by atoms with Gasteiger partial charge in [0.05, 0.1) is 7.11 Å². The minimum Gasteiger partial charge on any atom is -0.497 e. The number of hydrogen-bond donors (Lipinski definition) is 0. The van der Waals surface area contributed by atoms with Crippen molar-refractivity contribution in [1.29, 1.82) is 0 Å². The van der Waals surface area contributed by atoms with E-state index < -0.39 is 0 Å². The van der Waals surface area contributed by atoms with E-state index in [9.17, 15) is 9.59 Å². The number of nitrogens with zero attached hydrogens (tertiary/aromatic N) is 3. The summed E-state index contributed by atoms with van der Waals surface area (Å²) in [6, 6.07) is 7.13. The average molecular weight is 369 g/mol. The fourth-order valence-corrected chi connectivity index (χ4v) is 4.49. The van der Waals surface area contributed by atoms with Gasteiger partial charge in [0.2, 0.25) is 0 Å². The van der Waals surface area contributed by atoms with Crippen LogP contribution in [0.4, 0.5) is 5.69 Å². The van der Waals surface area contributed by atoms with E-state index in [0.29, 0.717) is 16.4 Å². The smallest absolute Gasteiger partial charge is 0.271 e. The summed E-state index contributed by atoms with van der Waals surface area (Å²) < 4.78 is 6.77. The lowest BCUT2D eigenvalue weighted by molar-refractivity contribution is 0.0991. The molecule has 1 amide bonds. The molecule has 0 unspecified atom stereocenters. The molecule has 3 aromatic rings. The van der Waals surface area contributed by atoms with Gasteiger partial charge in [0.25, 0.3) is 11.5 Å². The Morgan fingerprint density at radius 1 is 1.23 bits per heavy atom. The second-order valence-corrected chi connectivity index (χ2v) is 7.40. The summed E-state index contributed by atoms with van der Waals surface area (Å²) >= 11 is 1.56. The Bertz CT molecular complexity index is 1040. The number of aryl methyl sites for hydroxylation is 2. The zero-order chi connectivity index (χ0) is 18.3. The summed E-state index contributed by atoms with van der Waals surface area (Å²) in [5.74, 6) is 0.348. The normalized spacial score (nSPS) is 13.5. The van der Waals surface area contributed by atoms with Gasteiger partial charge in [-0.3, -0.25) is 14.0 Å². The van der Waals surface area contributed by atoms with Crippen LogP contribution < -0.4 is 15.2 Å². The van der Waals surface area contributed by atoms with Gasteiger partial charge >= 0.3 is 0 Å². The number of carbonyl (C=O) groups is 1. The van der Waals surface area contributed by atoms with Crippen LogP contribution in [0.3, 0.4) is 0 Å². The molecular weight excluding hydrogens is 350 g/mol. The van der Waals surface area contributed by atoms with Gasteiger partial charge in [0, 0.05) is 29.5 Å². The summed E-state index contributed by atoms with van der Waals surface area (Å²) in [6.07, 6.45) is 5.46. The van der Waals surface area contributed by atoms with Crippen molar-refractivity contribution < 1.29 is 9.53 Å². The molecule has 26 heavy (non-hydrogen) atoms. The molecule has 0 saturated carbocycles. The van der Waals surface area contributed by atoms with Gasteiger partial charge in [-0.2, -0.15) is 0 Å². The first kappa shape index (κ1) is 16.8. The molecule has 0 saturated heterocycles. The van der Waals surface area contributed by atoms with Crippen molar-refractivity contribution in [2.24, 2.45) is 0 Å². The minimum atomic E-state index is -0.363. The van der Waals surface area contributed by atoms with E-state index in [4.69, 9.17) is 4.74 Å². The molecule has 6 nitrogen and oxygen atoms in total. The largest absolute Gasteiger partial charge is 0.497 e. The molecule has 7 heteroatoms. The first-order chi connectivity index (χ1) is 12.6. The maximum Gasteiger partial charge on any atom is 0.271 e. The van der Waals surface area contributed by atoms with Crippen LogP contribution in [0, 0.1) is 0 Å². The number of carbonyl (C=O) groups excluding carboxylic acids is 1. The number of thiazole rings is 1. The summed E-state index contributed by atoms with van der Waals surface area (Å²) in [5.41, 5.74) is 1.52. The zero-order valence-electron chi connectivity index (χ0n) is 14.7. The first-order valence-electron chi connectivity index (χ1n) is 8.54. The molecular formula is C19H19N3O3S. The molecule has 0 bridgehead atoms. The lowest BCUT2D eigenvalue weighted by atomic mass is 10.0. The van der Waals surface area contributed by atoms with Crippen molar-refractivity contribution in [1.82, 2.24) is 9.38 Å². The molecule has 1 aromatic carbocycles. The van der Waals surface area contributed by atoms with Gasteiger partial charge in [0.1, 0.15) is 11.3 Å². The summed E-state index contributed by atoms with van der Waals surface area (Å²) in [4.78, 5) is 33.6. The third-order valence-electron chi connectivity index (χ3n) is 4.80. The Balaban J connectivity index is 1.74. The van der Waals surface area contributed by atoms with E-state index in [2.05, 4.69) is 4.98 Å². The Kier molecular flexibility index (Phi) is 4.24. The molecule has 0 spiro atoms. The number of methoxy groups -OCH3 is 1. The number of rotatable bonds is 3. The topological polar surface area (TPSA) is 63.9 Å². The number of fused-ring (bicyclic) bond motifs is 3. The fourth-order valence-electron chi connectivity index (χ4n) is 3.32. The molecule has 4 rings (SSSR count). The molecule has 1 aliphatic rings. The molecule has 2 heterocycles. The second-order valence-electron chi connectivity index (χ2n) is 6.34. The number of ether oxygens (including phenoxy) is 1. The predicted octanol–water partition coefficient (Wildman–Crippen LogP) is 2.92. The Labute approximate surface area is 154 Å². The average Bonchev–Trinajstić information content (AvgIpc) is 3.06. The van der Waals surface area contributed by atoms with Crippen molar-refractivity contribution in [2.75, 3.05) is 19.1 Å². The lowest BCUT2D eigenvalue weighted by Crippen LogP contribution is -2.33. The van der Waals surface area contributed by atoms with Crippen LogP contribution in [0.2, 0.25) is 0 Å². The number of aromatic nitrogens is 2. The monoisotopic (exact) mass is 369 g/mol. The van der Waals surface area contributed by atoms with E-state index in [1.54, 1.807) is 54.2 Å². The maximum atomic E-state index is 13.0. The van der Waals surface area contributed by atoms with Crippen LogP contribution in [-0.4, -0.2) is 29.4 Å². The molecule has 2 aromatic heterocycles. The van der Waals surface area contributed by atoms with Crippen molar-refractivity contribution >= 4 is 27.9 Å². The van der Waals surface area contributed by atoms with E-state index in [1.807, 2.05) is 0 Å². The zero-order valence-corrected chi connectivity index (χ0v) is 15.5. The van der Waals surface area contributed by atoms with E-state index in [-0.39, 0.29) is 17.0 Å². The quantitative estimate of drug-likeness (QED) is 0.712. The molecule has 1 aliphatic carbocycles. The molecule has 0 fully saturated rings. The highest BCUT2D eigenvalue weighted by Crippen LogP contribution is 2.28. The standard InChI is InChI=1S/C19H19N3O3S/c1-21(12-7-9-13(25-2)10-8-12)17(23)14-11-20-19-22(18(14)24)15-5-3-4-6-16(15)26-19/h7-11H,3-6H2,1-2H3. The number of hydrogen-bond acceptors (Lipinski definition) is 5. The van der Waals surface area contributed by atoms with E-state index in [0.717, 1.165) is 31.4 Å². The predicted molar refractivity (Wildman–Crippen MR) is 102 cm³/mol. The minimum absolute atomic E-state index is 0.0898. The van der Waals surface area contributed by atoms with Gasteiger partial charge in [0.15, 0.2) is 4.96 Å². The third-order valence-corrected chi connectivity index (χ3v) is 5.95. The molecule has 0 aliphatic heterocycles. The van der Waals surface area contributed by atoms with Gasteiger partial charge in [-0.1, -0.05) is 0 Å². The maximum absolute atomic E-state index is 13.0.